The lowest BCUT2D eigenvalue weighted by atomic mass is 9.98. The maximum Gasteiger partial charge on any atom is 0.357 e. The van der Waals surface area contributed by atoms with Crippen LogP contribution in [0.15, 0.2) is 18.2 Å². The molecule has 0 amide bonds. The molecule has 2 saturated carbocycles. The third-order valence-electron chi connectivity index (χ3n) is 4.82. The van der Waals surface area contributed by atoms with Crippen LogP contribution in [0.4, 0.5) is 0 Å². The fourth-order valence-electron chi connectivity index (χ4n) is 3.45. The predicted octanol–water partition coefficient (Wildman–Crippen LogP) is 4.06. The van der Waals surface area contributed by atoms with Gasteiger partial charge in [0.2, 0.25) is 0 Å². The number of ether oxygens (including phenoxy) is 2. The molecule has 5 nitrogen and oxygen atoms in total. The van der Waals surface area contributed by atoms with E-state index in [1.54, 1.807) is 18.2 Å². The van der Waals surface area contributed by atoms with Crippen molar-refractivity contribution in [3.05, 3.63) is 29.6 Å². The van der Waals surface area contributed by atoms with Crippen molar-refractivity contribution in [2.24, 2.45) is 0 Å². The maximum atomic E-state index is 12.2. The number of esters is 2. The molecule has 1 aromatic rings. The van der Waals surface area contributed by atoms with Crippen LogP contribution in [0.3, 0.4) is 0 Å². The second-order valence-electron chi connectivity index (χ2n) is 6.74. The molecule has 0 radical (unpaired) electrons. The molecular formula is C19H25NO4. The van der Waals surface area contributed by atoms with Crippen LogP contribution in [-0.2, 0) is 9.47 Å². The summed E-state index contributed by atoms with van der Waals surface area (Å²) in [6.07, 6.45) is 10.4. The number of hydrogen-bond acceptors (Lipinski definition) is 5. The summed E-state index contributed by atoms with van der Waals surface area (Å²) >= 11 is 0. The number of nitrogens with zero attached hydrogens (tertiary/aromatic N) is 1. The van der Waals surface area contributed by atoms with E-state index in [0.29, 0.717) is 0 Å². The molecule has 2 aliphatic carbocycles. The number of pyridine rings is 1. The lowest BCUT2D eigenvalue weighted by Crippen LogP contribution is -2.23. The third kappa shape index (κ3) is 4.56. The fourth-order valence-corrected chi connectivity index (χ4v) is 3.45. The van der Waals surface area contributed by atoms with E-state index in [4.69, 9.17) is 9.47 Å². The highest BCUT2D eigenvalue weighted by Gasteiger charge is 2.22. The molecule has 3 rings (SSSR count). The Bertz CT molecular complexity index is 527. The van der Waals surface area contributed by atoms with E-state index in [9.17, 15) is 9.59 Å². The summed E-state index contributed by atoms with van der Waals surface area (Å²) in [5.74, 6) is -0.900. The fraction of sp³-hybridized carbons (Fsp3) is 0.632. The molecule has 1 aromatic heterocycles. The molecule has 0 saturated heterocycles. The summed E-state index contributed by atoms with van der Waals surface area (Å²) < 4.78 is 11.0. The molecule has 0 aromatic carbocycles. The van der Waals surface area contributed by atoms with Crippen molar-refractivity contribution in [2.75, 3.05) is 0 Å². The van der Waals surface area contributed by atoms with Crippen molar-refractivity contribution in [2.45, 2.75) is 76.4 Å². The third-order valence-corrected chi connectivity index (χ3v) is 4.82. The number of hydrogen-bond donors (Lipinski definition) is 0. The number of aromatic nitrogens is 1. The molecular weight excluding hydrogens is 306 g/mol. The van der Waals surface area contributed by atoms with Crippen molar-refractivity contribution in [1.82, 2.24) is 4.98 Å². The molecule has 24 heavy (non-hydrogen) atoms. The molecule has 0 spiro atoms. The molecule has 5 heteroatoms. The highest BCUT2D eigenvalue weighted by molar-refractivity contribution is 5.91. The first-order chi connectivity index (χ1) is 11.7. The molecule has 0 unspecified atom stereocenters. The van der Waals surface area contributed by atoms with Gasteiger partial charge in [0.25, 0.3) is 0 Å². The minimum absolute atomic E-state index is 0.0223. The second kappa shape index (κ2) is 8.27. The smallest absolute Gasteiger partial charge is 0.357 e. The van der Waals surface area contributed by atoms with Crippen LogP contribution in [-0.4, -0.2) is 29.1 Å². The van der Waals surface area contributed by atoms with Crippen molar-refractivity contribution in [1.29, 1.82) is 0 Å². The normalized spacial score (nSPS) is 19.7. The van der Waals surface area contributed by atoms with Gasteiger partial charge in [0.1, 0.15) is 23.6 Å². The molecule has 2 fully saturated rings. The Labute approximate surface area is 142 Å². The van der Waals surface area contributed by atoms with Gasteiger partial charge in [-0.2, -0.15) is 0 Å². The SMILES string of the molecule is O=C(OC1CCCCC1)c1cccc(C(=O)OC2CCCCC2)n1. The van der Waals surface area contributed by atoms with Gasteiger partial charge in [0, 0.05) is 0 Å². The van der Waals surface area contributed by atoms with Crippen LogP contribution in [0.5, 0.6) is 0 Å². The van der Waals surface area contributed by atoms with Crippen molar-refractivity contribution < 1.29 is 19.1 Å². The summed E-state index contributed by atoms with van der Waals surface area (Å²) in [4.78, 5) is 28.6. The van der Waals surface area contributed by atoms with Crippen LogP contribution >= 0.6 is 0 Å². The van der Waals surface area contributed by atoms with Crippen molar-refractivity contribution in [3.8, 4) is 0 Å². The zero-order valence-electron chi connectivity index (χ0n) is 14.0. The Morgan fingerprint density at radius 3 is 1.58 bits per heavy atom. The van der Waals surface area contributed by atoms with Gasteiger partial charge < -0.3 is 9.47 Å². The maximum absolute atomic E-state index is 12.2. The first kappa shape index (κ1) is 16.9. The van der Waals surface area contributed by atoms with E-state index < -0.39 is 11.9 Å². The van der Waals surface area contributed by atoms with E-state index >= 15 is 0 Å². The Kier molecular flexibility index (Phi) is 5.83. The predicted molar refractivity (Wildman–Crippen MR) is 88.8 cm³/mol. The lowest BCUT2D eigenvalue weighted by Gasteiger charge is -2.22. The van der Waals surface area contributed by atoms with Gasteiger partial charge in [-0.3, -0.25) is 0 Å². The number of rotatable bonds is 4. The minimum atomic E-state index is -0.450. The van der Waals surface area contributed by atoms with Crippen molar-refractivity contribution in [3.63, 3.8) is 0 Å². The van der Waals surface area contributed by atoms with Gasteiger partial charge in [-0.05, 0) is 63.5 Å². The zero-order valence-corrected chi connectivity index (χ0v) is 14.0. The van der Waals surface area contributed by atoms with Crippen LogP contribution < -0.4 is 0 Å². The number of carbonyl (C=O) groups is 2. The second-order valence-corrected chi connectivity index (χ2v) is 6.74. The van der Waals surface area contributed by atoms with Crippen molar-refractivity contribution >= 4 is 11.9 Å². The minimum Gasteiger partial charge on any atom is -0.458 e. The molecule has 2 aliphatic rings. The first-order valence-electron chi connectivity index (χ1n) is 9.11. The summed E-state index contributed by atoms with van der Waals surface area (Å²) in [7, 11) is 0. The molecule has 1 heterocycles. The highest BCUT2D eigenvalue weighted by Crippen LogP contribution is 2.22. The summed E-state index contributed by atoms with van der Waals surface area (Å²) in [6, 6.07) is 4.83. The molecule has 0 N–H and O–H groups in total. The van der Waals surface area contributed by atoms with E-state index in [1.807, 2.05) is 0 Å². The van der Waals surface area contributed by atoms with Gasteiger partial charge in [-0.25, -0.2) is 14.6 Å². The zero-order chi connectivity index (χ0) is 16.8. The summed E-state index contributed by atoms with van der Waals surface area (Å²) in [5, 5.41) is 0. The molecule has 0 aliphatic heterocycles. The molecule has 0 atom stereocenters. The van der Waals surface area contributed by atoms with E-state index in [2.05, 4.69) is 4.98 Å². The Hall–Kier alpha value is -1.91. The first-order valence-corrected chi connectivity index (χ1v) is 9.11. The topological polar surface area (TPSA) is 65.5 Å². The monoisotopic (exact) mass is 331 g/mol. The van der Waals surface area contributed by atoms with Gasteiger partial charge >= 0.3 is 11.9 Å². The Morgan fingerprint density at radius 2 is 1.17 bits per heavy atom. The standard InChI is InChI=1S/C19H25NO4/c21-18(23-14-8-3-1-4-9-14)16-12-7-13-17(20-16)19(22)24-15-10-5-2-6-11-15/h7,12-15H,1-6,8-11H2. The van der Waals surface area contributed by atoms with Gasteiger partial charge in [-0.1, -0.05) is 18.9 Å². The largest absolute Gasteiger partial charge is 0.458 e. The summed E-state index contributed by atoms with van der Waals surface area (Å²) in [5.41, 5.74) is 0.359. The van der Waals surface area contributed by atoms with E-state index in [0.717, 1.165) is 51.4 Å². The van der Waals surface area contributed by atoms with Gasteiger partial charge in [0.15, 0.2) is 0 Å². The lowest BCUT2D eigenvalue weighted by molar-refractivity contribution is 0.0196. The summed E-state index contributed by atoms with van der Waals surface area (Å²) in [6.45, 7) is 0. The molecule has 130 valence electrons. The van der Waals surface area contributed by atoms with Crippen LogP contribution in [0, 0.1) is 0 Å². The highest BCUT2D eigenvalue weighted by atomic mass is 16.5. The van der Waals surface area contributed by atoms with E-state index in [1.165, 1.54) is 12.8 Å². The average molecular weight is 331 g/mol. The molecule has 0 bridgehead atoms. The Balaban J connectivity index is 1.60. The van der Waals surface area contributed by atoms with Crippen LogP contribution in [0.2, 0.25) is 0 Å². The average Bonchev–Trinajstić information content (AvgIpc) is 2.63. The Morgan fingerprint density at radius 1 is 0.750 bits per heavy atom. The van der Waals surface area contributed by atoms with Gasteiger partial charge in [0.05, 0.1) is 0 Å². The van der Waals surface area contributed by atoms with Crippen LogP contribution in [0.1, 0.15) is 85.2 Å². The van der Waals surface area contributed by atoms with Gasteiger partial charge in [-0.15, -0.1) is 0 Å². The van der Waals surface area contributed by atoms with Crippen LogP contribution in [0.25, 0.3) is 0 Å². The van der Waals surface area contributed by atoms with E-state index in [-0.39, 0.29) is 23.6 Å². The number of carbonyl (C=O) groups excluding carboxylic acids is 2. The quantitative estimate of drug-likeness (QED) is 0.778.